The van der Waals surface area contributed by atoms with Crippen LogP contribution in [0.15, 0.2) is 79.1 Å². The second-order valence-electron chi connectivity index (χ2n) is 9.14. The Balaban J connectivity index is 1.42. The van der Waals surface area contributed by atoms with E-state index >= 15 is 0 Å². The summed E-state index contributed by atoms with van der Waals surface area (Å²) in [7, 11) is 0. The van der Waals surface area contributed by atoms with Gasteiger partial charge >= 0.3 is 0 Å². The minimum atomic E-state index is -0.169. The number of carbonyl (C=O) groups excluding carboxylic acids is 1. The van der Waals surface area contributed by atoms with Crippen LogP contribution >= 0.6 is 0 Å². The molecule has 1 aliphatic carbocycles. The van der Waals surface area contributed by atoms with E-state index in [1.807, 2.05) is 42.5 Å². The van der Waals surface area contributed by atoms with Crippen molar-refractivity contribution in [2.24, 2.45) is 0 Å². The highest BCUT2D eigenvalue weighted by Gasteiger charge is 2.23. The molecule has 5 nitrogen and oxygen atoms in total. The predicted molar refractivity (Wildman–Crippen MR) is 137 cm³/mol. The minimum absolute atomic E-state index is 0.0191. The number of benzene rings is 2. The van der Waals surface area contributed by atoms with E-state index in [0.717, 1.165) is 22.0 Å². The van der Waals surface area contributed by atoms with Crippen LogP contribution in [0.2, 0.25) is 0 Å². The lowest BCUT2D eigenvalue weighted by Crippen LogP contribution is -2.35. The third-order valence-electron chi connectivity index (χ3n) is 6.69. The molecular formula is C29H30N4O. The van der Waals surface area contributed by atoms with Gasteiger partial charge < -0.3 is 10.6 Å². The van der Waals surface area contributed by atoms with Crippen LogP contribution in [0.4, 0.5) is 5.82 Å². The molecule has 4 aromatic rings. The first-order valence-corrected chi connectivity index (χ1v) is 12.1. The maximum atomic E-state index is 13.0. The number of rotatable bonds is 6. The summed E-state index contributed by atoms with van der Waals surface area (Å²) in [6.45, 7) is 2.09. The number of hydrogen-bond acceptors (Lipinski definition) is 4. The summed E-state index contributed by atoms with van der Waals surface area (Å²) in [5, 5.41) is 8.88. The summed E-state index contributed by atoms with van der Waals surface area (Å²) in [5.41, 5.74) is 3.85. The summed E-state index contributed by atoms with van der Waals surface area (Å²) in [6, 6.07) is 22.4. The number of carbonyl (C=O) groups is 1. The Kier molecular flexibility index (Phi) is 6.63. The van der Waals surface area contributed by atoms with Gasteiger partial charge in [-0.3, -0.25) is 9.78 Å². The molecule has 2 N–H and O–H groups in total. The molecule has 1 saturated carbocycles. The van der Waals surface area contributed by atoms with Gasteiger partial charge in [-0.05, 0) is 60.5 Å². The first-order valence-electron chi connectivity index (χ1n) is 12.1. The molecule has 2 aromatic carbocycles. The van der Waals surface area contributed by atoms with Crippen LogP contribution in [-0.4, -0.2) is 21.9 Å². The Morgan fingerprint density at radius 2 is 1.76 bits per heavy atom. The smallest absolute Gasteiger partial charge is 0.256 e. The van der Waals surface area contributed by atoms with Gasteiger partial charge in [-0.25, -0.2) is 4.98 Å². The standard InChI is InChI=1S/C29H30N4O/c1-20-12-15-26(33-29(34)23-13-14-24-19-30-17-16-22(24)18-23)32-27(20)28(21-8-4-2-5-9-21)31-25-10-6-3-7-11-25/h2,4-5,8-9,12-19,25,28,31H,3,6-7,10-11H2,1H3,(H,32,33,34). The Hall–Kier alpha value is -3.57. The molecule has 2 aromatic heterocycles. The van der Waals surface area contributed by atoms with Crippen LogP contribution < -0.4 is 10.6 Å². The molecule has 1 atom stereocenters. The van der Waals surface area contributed by atoms with Crippen molar-refractivity contribution in [3.8, 4) is 0 Å². The molecule has 1 fully saturated rings. The topological polar surface area (TPSA) is 66.9 Å². The van der Waals surface area contributed by atoms with Gasteiger partial charge in [0.2, 0.25) is 0 Å². The molecule has 1 amide bonds. The van der Waals surface area contributed by atoms with Crippen LogP contribution in [0, 0.1) is 6.92 Å². The first kappa shape index (κ1) is 22.2. The summed E-state index contributed by atoms with van der Waals surface area (Å²) in [6.07, 6.45) is 9.77. The molecule has 0 spiro atoms. The second kappa shape index (κ2) is 10.1. The van der Waals surface area contributed by atoms with Crippen molar-refractivity contribution in [2.75, 3.05) is 5.32 Å². The molecule has 0 bridgehead atoms. The quantitative estimate of drug-likeness (QED) is 0.367. The lowest BCUT2D eigenvalue weighted by Gasteiger charge is -2.29. The lowest BCUT2D eigenvalue weighted by atomic mass is 9.92. The van der Waals surface area contributed by atoms with Crippen molar-refractivity contribution in [3.05, 3.63) is 102 Å². The van der Waals surface area contributed by atoms with E-state index in [2.05, 4.69) is 46.8 Å². The summed E-state index contributed by atoms with van der Waals surface area (Å²) >= 11 is 0. The number of aromatic nitrogens is 2. The molecule has 0 radical (unpaired) electrons. The van der Waals surface area contributed by atoms with Crippen LogP contribution in [0.25, 0.3) is 10.8 Å². The van der Waals surface area contributed by atoms with E-state index in [-0.39, 0.29) is 11.9 Å². The molecule has 5 heteroatoms. The molecule has 0 saturated heterocycles. The predicted octanol–water partition coefficient (Wildman–Crippen LogP) is 6.20. The fraction of sp³-hybridized carbons (Fsp3) is 0.276. The van der Waals surface area contributed by atoms with Gasteiger partial charge in [0, 0.05) is 29.4 Å². The Bertz CT molecular complexity index is 1280. The molecule has 2 heterocycles. The number of fused-ring (bicyclic) bond motifs is 1. The van der Waals surface area contributed by atoms with Gasteiger partial charge in [0.05, 0.1) is 11.7 Å². The fourth-order valence-corrected chi connectivity index (χ4v) is 4.80. The summed E-state index contributed by atoms with van der Waals surface area (Å²) < 4.78 is 0. The Labute approximate surface area is 200 Å². The second-order valence-corrected chi connectivity index (χ2v) is 9.14. The van der Waals surface area contributed by atoms with Crippen LogP contribution in [0.3, 0.4) is 0 Å². The molecular weight excluding hydrogens is 420 g/mol. The van der Waals surface area contributed by atoms with Crippen molar-refractivity contribution >= 4 is 22.5 Å². The van der Waals surface area contributed by atoms with Gasteiger partial charge in [-0.2, -0.15) is 0 Å². The molecule has 172 valence electrons. The van der Waals surface area contributed by atoms with E-state index in [1.54, 1.807) is 12.4 Å². The fourth-order valence-electron chi connectivity index (χ4n) is 4.80. The maximum Gasteiger partial charge on any atom is 0.256 e. The highest BCUT2D eigenvalue weighted by atomic mass is 16.1. The highest BCUT2D eigenvalue weighted by molar-refractivity contribution is 6.06. The van der Waals surface area contributed by atoms with E-state index < -0.39 is 0 Å². The number of nitrogens with zero attached hydrogens (tertiary/aromatic N) is 2. The zero-order chi connectivity index (χ0) is 23.3. The molecule has 0 aliphatic heterocycles. The first-order chi connectivity index (χ1) is 16.7. The van der Waals surface area contributed by atoms with Crippen molar-refractivity contribution in [3.63, 3.8) is 0 Å². The van der Waals surface area contributed by atoms with Gasteiger partial charge in [-0.1, -0.05) is 61.7 Å². The van der Waals surface area contributed by atoms with Gasteiger partial charge in [0.1, 0.15) is 5.82 Å². The van der Waals surface area contributed by atoms with Crippen LogP contribution in [0.1, 0.15) is 65.3 Å². The summed E-state index contributed by atoms with van der Waals surface area (Å²) in [4.78, 5) is 22.1. The number of amides is 1. The van der Waals surface area contributed by atoms with Crippen LogP contribution in [-0.2, 0) is 0 Å². The van der Waals surface area contributed by atoms with E-state index in [4.69, 9.17) is 4.98 Å². The van der Waals surface area contributed by atoms with Crippen molar-refractivity contribution in [1.29, 1.82) is 0 Å². The number of aryl methyl sites for hydroxylation is 1. The van der Waals surface area contributed by atoms with E-state index in [1.165, 1.54) is 37.7 Å². The van der Waals surface area contributed by atoms with Crippen molar-refractivity contribution in [2.45, 2.75) is 51.1 Å². The molecule has 1 unspecified atom stereocenters. The number of nitrogens with one attached hydrogen (secondary N) is 2. The van der Waals surface area contributed by atoms with Crippen molar-refractivity contribution < 1.29 is 4.79 Å². The molecule has 5 rings (SSSR count). The molecule has 34 heavy (non-hydrogen) atoms. The zero-order valence-electron chi connectivity index (χ0n) is 19.5. The monoisotopic (exact) mass is 450 g/mol. The average Bonchev–Trinajstić information content (AvgIpc) is 2.89. The van der Waals surface area contributed by atoms with Gasteiger partial charge in [0.15, 0.2) is 0 Å². The number of anilines is 1. The molecule has 1 aliphatic rings. The highest BCUT2D eigenvalue weighted by Crippen LogP contribution is 2.28. The Morgan fingerprint density at radius 3 is 2.59 bits per heavy atom. The van der Waals surface area contributed by atoms with Gasteiger partial charge in [0.25, 0.3) is 5.91 Å². The SMILES string of the molecule is Cc1ccc(NC(=O)c2ccc3cnccc3c2)nc1C(NC1CCCCC1)c1ccccc1. The van der Waals surface area contributed by atoms with E-state index in [9.17, 15) is 4.79 Å². The number of hydrogen-bond donors (Lipinski definition) is 2. The van der Waals surface area contributed by atoms with Crippen LogP contribution in [0.5, 0.6) is 0 Å². The maximum absolute atomic E-state index is 13.0. The minimum Gasteiger partial charge on any atom is -0.307 e. The van der Waals surface area contributed by atoms with Crippen molar-refractivity contribution in [1.82, 2.24) is 15.3 Å². The lowest BCUT2D eigenvalue weighted by molar-refractivity contribution is 0.102. The van der Waals surface area contributed by atoms with Gasteiger partial charge in [-0.15, -0.1) is 0 Å². The zero-order valence-corrected chi connectivity index (χ0v) is 19.5. The Morgan fingerprint density at radius 1 is 0.941 bits per heavy atom. The average molecular weight is 451 g/mol. The number of pyridine rings is 2. The normalized spacial score (nSPS) is 15.2. The van der Waals surface area contributed by atoms with E-state index in [0.29, 0.717) is 17.4 Å². The summed E-state index contributed by atoms with van der Waals surface area (Å²) in [5.74, 6) is 0.393. The largest absolute Gasteiger partial charge is 0.307 e. The third-order valence-corrected chi connectivity index (χ3v) is 6.69. The third kappa shape index (κ3) is 5.00.